The predicted molar refractivity (Wildman–Crippen MR) is 121 cm³/mol. The van der Waals surface area contributed by atoms with E-state index in [1.54, 1.807) is 24.3 Å². The molecule has 3 N–H and O–H groups in total. The largest absolute Gasteiger partial charge is 0.510 e. The molecule has 0 saturated heterocycles. The second kappa shape index (κ2) is 9.84. The number of hydrogen-bond acceptors (Lipinski definition) is 7. The number of sulfonamides is 1. The summed E-state index contributed by atoms with van der Waals surface area (Å²) in [6.45, 7) is 3.16. The van der Waals surface area contributed by atoms with E-state index in [9.17, 15) is 18.3 Å². The number of allylic oxidation sites excluding steroid dienone is 1. The second-order valence-corrected chi connectivity index (χ2v) is 8.40. The van der Waals surface area contributed by atoms with Crippen LogP contribution in [0.4, 0.5) is 17.2 Å². The van der Waals surface area contributed by atoms with Crippen LogP contribution < -0.4 is 10.0 Å². The molecule has 1 amide bonds. The molecule has 32 heavy (non-hydrogen) atoms. The van der Waals surface area contributed by atoms with Gasteiger partial charge in [-0.3, -0.25) is 9.52 Å². The van der Waals surface area contributed by atoms with Crippen molar-refractivity contribution in [1.29, 1.82) is 0 Å². The van der Waals surface area contributed by atoms with E-state index in [-0.39, 0.29) is 22.2 Å². The first-order valence-electron chi connectivity index (χ1n) is 9.49. The lowest BCUT2D eigenvalue weighted by Gasteiger charge is -2.08. The number of carbonyl (C=O) groups is 1. The minimum atomic E-state index is -3.83. The predicted octanol–water partition coefficient (Wildman–Crippen LogP) is 4.70. The number of benzene rings is 2. The number of anilines is 2. The summed E-state index contributed by atoms with van der Waals surface area (Å²) in [7, 11) is -3.83. The summed E-state index contributed by atoms with van der Waals surface area (Å²) in [5.74, 6) is -0.732. The maximum absolute atomic E-state index is 12.5. The van der Waals surface area contributed by atoms with Crippen LogP contribution in [0, 0.1) is 6.92 Å². The van der Waals surface area contributed by atoms with Gasteiger partial charge in [-0.15, -0.1) is 5.11 Å². The Labute approximate surface area is 185 Å². The van der Waals surface area contributed by atoms with Gasteiger partial charge in [-0.1, -0.05) is 24.3 Å². The Morgan fingerprint density at radius 1 is 1.00 bits per heavy atom. The first-order chi connectivity index (χ1) is 15.3. The molecule has 164 valence electrons. The highest BCUT2D eigenvalue weighted by atomic mass is 32.2. The van der Waals surface area contributed by atoms with Gasteiger partial charge < -0.3 is 10.4 Å². The number of amides is 1. The summed E-state index contributed by atoms with van der Waals surface area (Å²) < 4.78 is 27.3. The van der Waals surface area contributed by atoms with Crippen LogP contribution in [0.15, 0.2) is 99.5 Å². The van der Waals surface area contributed by atoms with Crippen molar-refractivity contribution in [2.45, 2.75) is 18.7 Å². The molecule has 0 bridgehead atoms. The third kappa shape index (κ3) is 5.76. The molecule has 0 atom stereocenters. The summed E-state index contributed by atoms with van der Waals surface area (Å²) in [5, 5.41) is 20.3. The second-order valence-electron chi connectivity index (χ2n) is 6.72. The number of hydrogen-bond donors (Lipinski definition) is 3. The van der Waals surface area contributed by atoms with Crippen LogP contribution in [0.5, 0.6) is 0 Å². The van der Waals surface area contributed by atoms with E-state index in [0.29, 0.717) is 11.4 Å². The Kier molecular flexibility index (Phi) is 6.96. The van der Waals surface area contributed by atoms with E-state index in [1.807, 2.05) is 19.1 Å². The van der Waals surface area contributed by atoms with E-state index < -0.39 is 15.9 Å². The first-order valence-corrected chi connectivity index (χ1v) is 11.0. The van der Waals surface area contributed by atoms with Crippen LogP contribution in [0.1, 0.15) is 12.5 Å². The van der Waals surface area contributed by atoms with Gasteiger partial charge in [0.25, 0.3) is 15.9 Å². The first kappa shape index (κ1) is 22.6. The van der Waals surface area contributed by atoms with Gasteiger partial charge in [0, 0.05) is 11.9 Å². The van der Waals surface area contributed by atoms with Crippen molar-refractivity contribution in [2.24, 2.45) is 10.2 Å². The van der Waals surface area contributed by atoms with Gasteiger partial charge in [0.1, 0.15) is 11.6 Å². The molecule has 1 heterocycles. The molecular formula is C22H21N5O4S. The number of aromatic nitrogens is 1. The molecule has 10 heteroatoms. The highest BCUT2D eigenvalue weighted by Gasteiger charge is 2.16. The summed E-state index contributed by atoms with van der Waals surface area (Å²) in [6, 6.07) is 17.6. The van der Waals surface area contributed by atoms with E-state index in [0.717, 1.165) is 5.56 Å². The van der Waals surface area contributed by atoms with Gasteiger partial charge in [-0.05, 0) is 61.9 Å². The maximum atomic E-state index is 12.5. The molecule has 0 saturated carbocycles. The minimum Gasteiger partial charge on any atom is -0.510 e. The van der Waals surface area contributed by atoms with Gasteiger partial charge in [0.15, 0.2) is 5.70 Å². The SMILES string of the molecule is C/C(O)=C(\N=Nc1ccc(S(=O)(=O)Nc2ccccn2)cc1)C(=O)Nc1ccccc1C. The normalized spacial score (nSPS) is 12.3. The maximum Gasteiger partial charge on any atom is 0.279 e. The fourth-order valence-corrected chi connectivity index (χ4v) is 3.60. The monoisotopic (exact) mass is 451 g/mol. The lowest BCUT2D eigenvalue weighted by molar-refractivity contribution is -0.113. The molecule has 0 unspecified atom stereocenters. The topological polar surface area (TPSA) is 133 Å². The summed E-state index contributed by atoms with van der Waals surface area (Å²) in [6.07, 6.45) is 1.48. The quantitative estimate of drug-likeness (QED) is 0.272. The molecule has 1 aromatic heterocycles. The van der Waals surface area contributed by atoms with Crippen molar-refractivity contribution in [3.8, 4) is 0 Å². The fraction of sp³-hybridized carbons (Fsp3) is 0.0909. The number of aliphatic hydroxyl groups excluding tert-OH is 1. The average molecular weight is 452 g/mol. The van der Waals surface area contributed by atoms with Crippen LogP contribution in [0.3, 0.4) is 0 Å². The van der Waals surface area contributed by atoms with Crippen molar-refractivity contribution in [3.05, 3.63) is 89.9 Å². The summed E-state index contributed by atoms with van der Waals surface area (Å²) >= 11 is 0. The van der Waals surface area contributed by atoms with Gasteiger partial charge >= 0.3 is 0 Å². The Morgan fingerprint density at radius 3 is 2.31 bits per heavy atom. The number of carbonyl (C=O) groups excluding carboxylic acids is 1. The molecule has 0 fully saturated rings. The number of pyridine rings is 1. The molecule has 0 aliphatic heterocycles. The van der Waals surface area contributed by atoms with Gasteiger partial charge in [0.2, 0.25) is 0 Å². The van der Waals surface area contributed by atoms with E-state index in [2.05, 4.69) is 25.3 Å². The third-order valence-electron chi connectivity index (χ3n) is 4.27. The van der Waals surface area contributed by atoms with E-state index >= 15 is 0 Å². The lowest BCUT2D eigenvalue weighted by Crippen LogP contribution is -2.15. The van der Waals surface area contributed by atoms with Crippen LogP contribution >= 0.6 is 0 Å². The van der Waals surface area contributed by atoms with Crippen LogP contribution in [-0.4, -0.2) is 24.4 Å². The number of nitrogens with zero attached hydrogens (tertiary/aromatic N) is 3. The Morgan fingerprint density at radius 2 is 1.69 bits per heavy atom. The molecule has 0 spiro atoms. The van der Waals surface area contributed by atoms with Crippen molar-refractivity contribution < 1.29 is 18.3 Å². The number of azo groups is 1. The standard InChI is InChI=1S/C22H21N5O4S/c1-15-7-3-4-8-19(15)24-22(29)21(16(2)28)26-25-17-10-12-18(13-11-17)32(30,31)27-20-9-5-6-14-23-20/h3-14,28H,1-2H3,(H,23,27)(H,24,29)/b21-16+,26-25?. The number of para-hydroxylation sites is 1. The number of aryl methyl sites for hydroxylation is 1. The molecular weight excluding hydrogens is 430 g/mol. The highest BCUT2D eigenvalue weighted by Crippen LogP contribution is 2.21. The van der Waals surface area contributed by atoms with Crippen molar-refractivity contribution in [3.63, 3.8) is 0 Å². The molecule has 3 aromatic rings. The van der Waals surface area contributed by atoms with Crippen molar-refractivity contribution in [1.82, 2.24) is 4.98 Å². The van der Waals surface area contributed by atoms with Crippen molar-refractivity contribution in [2.75, 3.05) is 10.0 Å². The van der Waals surface area contributed by atoms with Crippen LogP contribution in [0.25, 0.3) is 0 Å². The third-order valence-corrected chi connectivity index (χ3v) is 5.64. The van der Waals surface area contributed by atoms with Gasteiger partial charge in [-0.25, -0.2) is 13.4 Å². The molecule has 9 nitrogen and oxygen atoms in total. The zero-order valence-corrected chi connectivity index (χ0v) is 18.2. The number of rotatable bonds is 7. The Hall–Kier alpha value is -4.05. The van der Waals surface area contributed by atoms with Crippen LogP contribution in [-0.2, 0) is 14.8 Å². The molecule has 0 aliphatic rings. The Balaban J connectivity index is 1.74. The summed E-state index contributed by atoms with van der Waals surface area (Å²) in [4.78, 5) is 16.5. The van der Waals surface area contributed by atoms with E-state index in [1.165, 1.54) is 43.5 Å². The number of nitrogens with one attached hydrogen (secondary N) is 2. The molecule has 0 aliphatic carbocycles. The minimum absolute atomic E-state index is 0.00787. The molecule has 0 radical (unpaired) electrons. The summed E-state index contributed by atoms with van der Waals surface area (Å²) in [5.41, 5.74) is 1.47. The average Bonchev–Trinajstić information content (AvgIpc) is 2.76. The zero-order chi connectivity index (χ0) is 23.1. The van der Waals surface area contributed by atoms with Gasteiger partial charge in [0.05, 0.1) is 10.6 Å². The zero-order valence-electron chi connectivity index (χ0n) is 17.4. The smallest absolute Gasteiger partial charge is 0.279 e. The van der Waals surface area contributed by atoms with Crippen LogP contribution in [0.2, 0.25) is 0 Å². The molecule has 3 rings (SSSR count). The fourth-order valence-electron chi connectivity index (χ4n) is 2.60. The van der Waals surface area contributed by atoms with Gasteiger partial charge in [-0.2, -0.15) is 5.11 Å². The molecule has 2 aromatic carbocycles. The highest BCUT2D eigenvalue weighted by molar-refractivity contribution is 7.92. The van der Waals surface area contributed by atoms with Crippen molar-refractivity contribution >= 4 is 33.1 Å². The lowest BCUT2D eigenvalue weighted by atomic mass is 10.2. The van der Waals surface area contributed by atoms with E-state index in [4.69, 9.17) is 0 Å². The Bertz CT molecular complexity index is 1270. The number of aliphatic hydroxyl groups is 1.